The highest BCUT2D eigenvalue weighted by atomic mass is 35.5. The predicted molar refractivity (Wildman–Crippen MR) is 123 cm³/mol. The predicted octanol–water partition coefficient (Wildman–Crippen LogP) is 6.53. The standard InChI is InChI=1S/C25H31ClN2O/c1-3-5-6-9-15-27-25(29)17-22(19-11-10-12-20(26)16-19)23-18-28(4-2)24-14-8-7-13-21(23)24/h7-8,10-14,16,18,22H,3-6,9,15,17H2,1-2H3,(H,27,29)/t22-/m1/s1. The number of hydrogen-bond acceptors (Lipinski definition) is 1. The first kappa shape index (κ1) is 21.4. The van der Waals surface area contributed by atoms with Crippen LogP contribution in [0, 0.1) is 0 Å². The van der Waals surface area contributed by atoms with E-state index in [2.05, 4.69) is 60.3 Å². The number of aryl methyl sites for hydroxylation is 1. The van der Waals surface area contributed by atoms with Crippen LogP contribution in [0.3, 0.4) is 0 Å². The van der Waals surface area contributed by atoms with Crippen LogP contribution in [0.25, 0.3) is 10.9 Å². The van der Waals surface area contributed by atoms with Gasteiger partial charge in [0.2, 0.25) is 5.91 Å². The first-order valence-corrected chi connectivity index (χ1v) is 11.1. The average Bonchev–Trinajstić information content (AvgIpc) is 3.10. The van der Waals surface area contributed by atoms with Crippen LogP contribution in [0.1, 0.15) is 63.0 Å². The summed E-state index contributed by atoms with van der Waals surface area (Å²) in [6.45, 7) is 5.98. The van der Waals surface area contributed by atoms with E-state index in [-0.39, 0.29) is 11.8 Å². The van der Waals surface area contributed by atoms with Crippen LogP contribution in [0.4, 0.5) is 0 Å². The number of halogens is 1. The zero-order chi connectivity index (χ0) is 20.6. The number of nitrogens with one attached hydrogen (secondary N) is 1. The van der Waals surface area contributed by atoms with Gasteiger partial charge in [-0.25, -0.2) is 0 Å². The van der Waals surface area contributed by atoms with Crippen molar-refractivity contribution in [3.8, 4) is 0 Å². The second kappa shape index (κ2) is 10.5. The summed E-state index contributed by atoms with van der Waals surface area (Å²) in [6, 6.07) is 16.3. The number of aromatic nitrogens is 1. The number of unbranched alkanes of at least 4 members (excludes halogenated alkanes) is 3. The highest BCUT2D eigenvalue weighted by Gasteiger charge is 2.22. The van der Waals surface area contributed by atoms with Gasteiger partial charge in [-0.2, -0.15) is 0 Å². The number of benzene rings is 2. The van der Waals surface area contributed by atoms with E-state index >= 15 is 0 Å². The highest BCUT2D eigenvalue weighted by molar-refractivity contribution is 6.30. The minimum absolute atomic E-state index is 0.0259. The number of para-hydroxylation sites is 1. The van der Waals surface area contributed by atoms with Gasteiger partial charge in [0, 0.05) is 47.6 Å². The topological polar surface area (TPSA) is 34.0 Å². The number of fused-ring (bicyclic) bond motifs is 1. The fourth-order valence-corrected chi connectivity index (χ4v) is 4.18. The number of rotatable bonds is 10. The number of carbonyl (C=O) groups excluding carboxylic acids is 1. The molecule has 0 spiro atoms. The second-order valence-corrected chi connectivity index (χ2v) is 8.05. The summed E-state index contributed by atoms with van der Waals surface area (Å²) in [7, 11) is 0. The van der Waals surface area contributed by atoms with Crippen molar-refractivity contribution in [2.45, 2.75) is 58.4 Å². The molecule has 4 heteroatoms. The van der Waals surface area contributed by atoms with Crippen molar-refractivity contribution in [1.82, 2.24) is 9.88 Å². The number of hydrogen-bond donors (Lipinski definition) is 1. The van der Waals surface area contributed by atoms with Crippen LogP contribution >= 0.6 is 11.6 Å². The zero-order valence-electron chi connectivity index (χ0n) is 17.5. The molecular weight excluding hydrogens is 380 g/mol. The van der Waals surface area contributed by atoms with Crippen molar-refractivity contribution in [3.63, 3.8) is 0 Å². The summed E-state index contributed by atoms with van der Waals surface area (Å²) in [5.74, 6) is 0.0712. The molecule has 1 amide bonds. The van der Waals surface area contributed by atoms with E-state index in [1.165, 1.54) is 35.7 Å². The third kappa shape index (κ3) is 5.42. The van der Waals surface area contributed by atoms with Crippen molar-refractivity contribution in [3.05, 3.63) is 70.9 Å². The number of nitrogens with zero attached hydrogens (tertiary/aromatic N) is 1. The van der Waals surface area contributed by atoms with Crippen molar-refractivity contribution in [2.75, 3.05) is 6.54 Å². The molecule has 0 unspecified atom stereocenters. The lowest BCUT2D eigenvalue weighted by atomic mass is 9.88. The van der Waals surface area contributed by atoms with Crippen LogP contribution in [-0.4, -0.2) is 17.0 Å². The van der Waals surface area contributed by atoms with Gasteiger partial charge in [-0.15, -0.1) is 0 Å². The first-order chi connectivity index (χ1) is 14.1. The maximum atomic E-state index is 12.8. The van der Waals surface area contributed by atoms with E-state index in [4.69, 9.17) is 11.6 Å². The summed E-state index contributed by atoms with van der Waals surface area (Å²) in [6.07, 6.45) is 7.25. The van der Waals surface area contributed by atoms with Crippen molar-refractivity contribution < 1.29 is 4.79 Å². The van der Waals surface area contributed by atoms with Gasteiger partial charge in [0.15, 0.2) is 0 Å². The Morgan fingerprint density at radius 1 is 1.07 bits per heavy atom. The molecule has 0 radical (unpaired) electrons. The fraction of sp³-hybridized carbons (Fsp3) is 0.400. The molecule has 1 heterocycles. The molecule has 0 saturated heterocycles. The van der Waals surface area contributed by atoms with E-state index in [1.54, 1.807) is 0 Å². The molecule has 154 valence electrons. The Morgan fingerprint density at radius 2 is 1.90 bits per heavy atom. The molecule has 29 heavy (non-hydrogen) atoms. The summed E-state index contributed by atoms with van der Waals surface area (Å²) in [5.41, 5.74) is 3.47. The Morgan fingerprint density at radius 3 is 2.66 bits per heavy atom. The molecule has 0 aliphatic rings. The summed E-state index contributed by atoms with van der Waals surface area (Å²) in [4.78, 5) is 12.8. The Labute approximate surface area is 179 Å². The minimum Gasteiger partial charge on any atom is -0.356 e. The van der Waals surface area contributed by atoms with Crippen LogP contribution in [0.5, 0.6) is 0 Å². The van der Waals surface area contributed by atoms with Gasteiger partial charge in [-0.05, 0) is 42.7 Å². The molecule has 1 aromatic heterocycles. The quantitative estimate of drug-likeness (QED) is 0.378. The molecule has 0 aliphatic heterocycles. The summed E-state index contributed by atoms with van der Waals surface area (Å²) in [5, 5.41) is 5.02. The number of amides is 1. The van der Waals surface area contributed by atoms with E-state index in [0.717, 1.165) is 25.1 Å². The average molecular weight is 411 g/mol. The lowest BCUT2D eigenvalue weighted by Crippen LogP contribution is -2.26. The molecule has 1 N–H and O–H groups in total. The van der Waals surface area contributed by atoms with Gasteiger partial charge in [-0.3, -0.25) is 4.79 Å². The summed E-state index contributed by atoms with van der Waals surface area (Å²) < 4.78 is 2.25. The smallest absolute Gasteiger partial charge is 0.220 e. The fourth-order valence-electron chi connectivity index (χ4n) is 3.98. The monoisotopic (exact) mass is 410 g/mol. The molecular formula is C25H31ClN2O. The molecule has 0 aliphatic carbocycles. The van der Waals surface area contributed by atoms with Gasteiger partial charge >= 0.3 is 0 Å². The Kier molecular flexibility index (Phi) is 7.76. The molecule has 1 atom stereocenters. The molecule has 0 bridgehead atoms. The van der Waals surface area contributed by atoms with E-state index in [9.17, 15) is 4.79 Å². The third-order valence-electron chi connectivity index (χ3n) is 5.53. The summed E-state index contributed by atoms with van der Waals surface area (Å²) >= 11 is 6.29. The third-order valence-corrected chi connectivity index (χ3v) is 5.76. The van der Waals surface area contributed by atoms with Crippen LogP contribution in [0.15, 0.2) is 54.7 Å². The van der Waals surface area contributed by atoms with Crippen LogP contribution < -0.4 is 5.32 Å². The van der Waals surface area contributed by atoms with E-state index in [1.807, 2.05) is 18.2 Å². The molecule has 3 nitrogen and oxygen atoms in total. The highest BCUT2D eigenvalue weighted by Crippen LogP contribution is 2.35. The number of carbonyl (C=O) groups is 1. The second-order valence-electron chi connectivity index (χ2n) is 7.61. The Hall–Kier alpha value is -2.26. The van der Waals surface area contributed by atoms with Crippen molar-refractivity contribution in [2.24, 2.45) is 0 Å². The van der Waals surface area contributed by atoms with Gasteiger partial charge in [0.25, 0.3) is 0 Å². The molecule has 0 saturated carbocycles. The van der Waals surface area contributed by atoms with Gasteiger partial charge in [-0.1, -0.05) is 68.1 Å². The Bertz CT molecular complexity index is 947. The van der Waals surface area contributed by atoms with Crippen molar-refractivity contribution >= 4 is 28.4 Å². The molecule has 3 aromatic rings. The minimum atomic E-state index is -0.0259. The zero-order valence-corrected chi connectivity index (χ0v) is 18.2. The maximum absolute atomic E-state index is 12.8. The van der Waals surface area contributed by atoms with E-state index in [0.29, 0.717) is 11.4 Å². The molecule has 3 rings (SSSR count). The van der Waals surface area contributed by atoms with Gasteiger partial charge < -0.3 is 9.88 Å². The van der Waals surface area contributed by atoms with Crippen LogP contribution in [0.2, 0.25) is 5.02 Å². The van der Waals surface area contributed by atoms with E-state index < -0.39 is 0 Å². The lowest BCUT2D eigenvalue weighted by molar-refractivity contribution is -0.121. The normalized spacial score (nSPS) is 12.2. The molecule has 0 fully saturated rings. The maximum Gasteiger partial charge on any atom is 0.220 e. The first-order valence-electron chi connectivity index (χ1n) is 10.7. The lowest BCUT2D eigenvalue weighted by Gasteiger charge is -2.18. The van der Waals surface area contributed by atoms with Crippen LogP contribution in [-0.2, 0) is 11.3 Å². The SMILES string of the molecule is CCCCCCNC(=O)C[C@H](c1cccc(Cl)c1)c1cn(CC)c2ccccc12. The largest absolute Gasteiger partial charge is 0.356 e. The van der Waals surface area contributed by atoms with Crippen molar-refractivity contribution in [1.29, 1.82) is 0 Å². The Balaban J connectivity index is 1.88. The van der Waals surface area contributed by atoms with Gasteiger partial charge in [0.1, 0.15) is 0 Å². The van der Waals surface area contributed by atoms with Gasteiger partial charge in [0.05, 0.1) is 0 Å². The molecule has 2 aromatic carbocycles.